The highest BCUT2D eigenvalue weighted by molar-refractivity contribution is 5.94. The lowest BCUT2D eigenvalue weighted by Crippen LogP contribution is -2.39. The Labute approximate surface area is 164 Å². The number of amides is 2. The number of nitro benzene ring substituents is 1. The molecule has 1 unspecified atom stereocenters. The molecule has 1 N–H and O–H groups in total. The van der Waals surface area contributed by atoms with Gasteiger partial charge in [0.1, 0.15) is 0 Å². The van der Waals surface area contributed by atoms with Crippen LogP contribution in [0.25, 0.3) is 0 Å². The summed E-state index contributed by atoms with van der Waals surface area (Å²) in [5.41, 5.74) is 1.31. The number of benzene rings is 2. The zero-order valence-electron chi connectivity index (χ0n) is 16.1. The number of nitro groups is 1. The molecular formula is C21H25N3O4. The maximum Gasteiger partial charge on any atom is 0.269 e. The normalized spacial score (nSPS) is 11.5. The minimum Gasteiger partial charge on any atom is -0.352 e. The lowest BCUT2D eigenvalue weighted by molar-refractivity contribution is -0.384. The number of nitrogens with one attached hydrogen (secondary N) is 1. The summed E-state index contributed by atoms with van der Waals surface area (Å²) in [5, 5.41) is 13.4. The molecule has 0 spiro atoms. The third-order valence-corrected chi connectivity index (χ3v) is 4.60. The first-order chi connectivity index (χ1) is 13.4. The lowest BCUT2D eigenvalue weighted by Gasteiger charge is -2.29. The molecule has 7 heteroatoms. The molecule has 1 atom stereocenters. The molecule has 2 aromatic carbocycles. The van der Waals surface area contributed by atoms with E-state index in [-0.39, 0.29) is 36.5 Å². The Morgan fingerprint density at radius 2 is 1.75 bits per heavy atom. The van der Waals surface area contributed by atoms with Gasteiger partial charge < -0.3 is 10.2 Å². The van der Waals surface area contributed by atoms with Gasteiger partial charge in [-0.25, -0.2) is 0 Å². The van der Waals surface area contributed by atoms with Crippen LogP contribution in [0.5, 0.6) is 0 Å². The van der Waals surface area contributed by atoms with Crippen LogP contribution in [0.4, 0.5) is 5.69 Å². The average molecular weight is 383 g/mol. The third kappa shape index (κ3) is 5.90. The summed E-state index contributed by atoms with van der Waals surface area (Å²) >= 11 is 0. The summed E-state index contributed by atoms with van der Waals surface area (Å²) in [4.78, 5) is 36.8. The SMILES string of the molecule is CCC(C)N(Cc1ccccc1)C(=O)CCNC(=O)c1ccc([N+](=O)[O-])cc1. The van der Waals surface area contributed by atoms with Gasteiger partial charge in [0.25, 0.3) is 11.6 Å². The maximum absolute atomic E-state index is 12.7. The van der Waals surface area contributed by atoms with Crippen molar-refractivity contribution in [3.8, 4) is 0 Å². The van der Waals surface area contributed by atoms with Crippen molar-refractivity contribution in [2.24, 2.45) is 0 Å². The summed E-state index contributed by atoms with van der Waals surface area (Å²) < 4.78 is 0. The Hall–Kier alpha value is -3.22. The molecule has 2 amide bonds. The molecule has 0 aliphatic carbocycles. The quantitative estimate of drug-likeness (QED) is 0.529. The van der Waals surface area contributed by atoms with Gasteiger partial charge in [0, 0.05) is 43.2 Å². The van der Waals surface area contributed by atoms with E-state index < -0.39 is 4.92 Å². The molecule has 0 heterocycles. The number of non-ortho nitro benzene ring substituents is 1. The molecule has 0 aromatic heterocycles. The van der Waals surface area contributed by atoms with E-state index in [4.69, 9.17) is 0 Å². The molecule has 2 aromatic rings. The molecule has 0 aliphatic rings. The van der Waals surface area contributed by atoms with Gasteiger partial charge in [-0.1, -0.05) is 37.3 Å². The van der Waals surface area contributed by atoms with Gasteiger partial charge in [0.2, 0.25) is 5.91 Å². The van der Waals surface area contributed by atoms with Crippen LogP contribution in [0.1, 0.15) is 42.6 Å². The second-order valence-corrected chi connectivity index (χ2v) is 6.57. The molecule has 7 nitrogen and oxygen atoms in total. The van der Waals surface area contributed by atoms with Gasteiger partial charge in [0.15, 0.2) is 0 Å². The largest absolute Gasteiger partial charge is 0.352 e. The van der Waals surface area contributed by atoms with E-state index >= 15 is 0 Å². The van der Waals surface area contributed by atoms with Crippen molar-refractivity contribution in [1.82, 2.24) is 10.2 Å². The van der Waals surface area contributed by atoms with Gasteiger partial charge >= 0.3 is 0 Å². The monoisotopic (exact) mass is 383 g/mol. The Morgan fingerprint density at radius 1 is 1.11 bits per heavy atom. The number of hydrogen-bond acceptors (Lipinski definition) is 4. The summed E-state index contributed by atoms with van der Waals surface area (Å²) in [6, 6.07) is 15.3. The predicted octanol–water partition coefficient (Wildman–Crippen LogP) is 3.54. The molecule has 28 heavy (non-hydrogen) atoms. The first-order valence-electron chi connectivity index (χ1n) is 9.28. The predicted molar refractivity (Wildman–Crippen MR) is 107 cm³/mol. The van der Waals surface area contributed by atoms with Crippen LogP contribution in [0.15, 0.2) is 54.6 Å². The molecular weight excluding hydrogens is 358 g/mol. The summed E-state index contributed by atoms with van der Waals surface area (Å²) in [5.74, 6) is -0.386. The van der Waals surface area contributed by atoms with Gasteiger partial charge in [-0.3, -0.25) is 19.7 Å². The summed E-state index contributed by atoms with van der Waals surface area (Å²) in [7, 11) is 0. The van der Waals surface area contributed by atoms with E-state index in [2.05, 4.69) is 5.32 Å². The van der Waals surface area contributed by atoms with Gasteiger partial charge in [-0.2, -0.15) is 0 Å². The zero-order chi connectivity index (χ0) is 20.5. The van der Waals surface area contributed by atoms with Crippen LogP contribution in [0, 0.1) is 10.1 Å². The zero-order valence-corrected chi connectivity index (χ0v) is 16.1. The molecule has 148 valence electrons. The highest BCUT2D eigenvalue weighted by Gasteiger charge is 2.19. The molecule has 0 bridgehead atoms. The Kier molecular flexibility index (Phi) is 7.68. The number of nitrogens with zero attached hydrogens (tertiary/aromatic N) is 2. The Morgan fingerprint density at radius 3 is 2.32 bits per heavy atom. The average Bonchev–Trinajstić information content (AvgIpc) is 2.72. The van der Waals surface area contributed by atoms with Crippen molar-refractivity contribution in [3.63, 3.8) is 0 Å². The van der Waals surface area contributed by atoms with E-state index in [9.17, 15) is 19.7 Å². The number of hydrogen-bond donors (Lipinski definition) is 1. The molecule has 0 radical (unpaired) electrons. The lowest BCUT2D eigenvalue weighted by atomic mass is 10.1. The molecule has 0 aliphatic heterocycles. The smallest absolute Gasteiger partial charge is 0.269 e. The first-order valence-corrected chi connectivity index (χ1v) is 9.28. The van der Waals surface area contributed by atoms with Crippen LogP contribution in [-0.2, 0) is 11.3 Å². The van der Waals surface area contributed by atoms with Crippen molar-refractivity contribution >= 4 is 17.5 Å². The van der Waals surface area contributed by atoms with E-state index in [0.29, 0.717) is 12.1 Å². The number of carbonyl (C=O) groups excluding carboxylic acids is 2. The second kappa shape index (κ2) is 10.2. The minimum atomic E-state index is -0.517. The van der Waals surface area contributed by atoms with Crippen LogP contribution in [0.2, 0.25) is 0 Å². The van der Waals surface area contributed by atoms with E-state index in [1.165, 1.54) is 24.3 Å². The van der Waals surface area contributed by atoms with Crippen LogP contribution >= 0.6 is 0 Å². The Balaban J connectivity index is 1.90. The third-order valence-electron chi connectivity index (χ3n) is 4.60. The van der Waals surface area contributed by atoms with Crippen molar-refractivity contribution in [2.75, 3.05) is 6.54 Å². The van der Waals surface area contributed by atoms with Crippen LogP contribution < -0.4 is 5.32 Å². The molecule has 0 saturated carbocycles. The highest BCUT2D eigenvalue weighted by atomic mass is 16.6. The van der Waals surface area contributed by atoms with Gasteiger partial charge in [-0.05, 0) is 31.0 Å². The standard InChI is InChI=1S/C21H25N3O4/c1-3-16(2)23(15-17-7-5-4-6-8-17)20(25)13-14-22-21(26)18-9-11-19(12-10-18)24(27)28/h4-12,16H,3,13-15H2,1-2H3,(H,22,26). The topological polar surface area (TPSA) is 92.6 Å². The van der Waals surface area contributed by atoms with E-state index in [1.54, 1.807) is 0 Å². The Bertz CT molecular complexity index is 806. The molecule has 0 saturated heterocycles. The summed E-state index contributed by atoms with van der Waals surface area (Å²) in [6.45, 7) is 4.78. The molecule has 0 fully saturated rings. The van der Waals surface area contributed by atoms with Crippen molar-refractivity contribution in [3.05, 3.63) is 75.8 Å². The summed E-state index contributed by atoms with van der Waals surface area (Å²) in [6.07, 6.45) is 1.03. The first kappa shape index (κ1) is 21.1. The minimum absolute atomic E-state index is 0.0257. The van der Waals surface area contributed by atoms with E-state index in [0.717, 1.165) is 12.0 Å². The maximum atomic E-state index is 12.7. The molecule has 2 rings (SSSR count). The van der Waals surface area contributed by atoms with Crippen molar-refractivity contribution in [2.45, 2.75) is 39.3 Å². The van der Waals surface area contributed by atoms with Crippen molar-refractivity contribution in [1.29, 1.82) is 0 Å². The fourth-order valence-corrected chi connectivity index (χ4v) is 2.75. The van der Waals surface area contributed by atoms with Gasteiger partial charge in [-0.15, -0.1) is 0 Å². The second-order valence-electron chi connectivity index (χ2n) is 6.57. The fraction of sp³-hybridized carbons (Fsp3) is 0.333. The highest BCUT2D eigenvalue weighted by Crippen LogP contribution is 2.13. The van der Waals surface area contributed by atoms with Crippen LogP contribution in [0.3, 0.4) is 0 Å². The van der Waals surface area contributed by atoms with Gasteiger partial charge in [0.05, 0.1) is 4.92 Å². The fourth-order valence-electron chi connectivity index (χ4n) is 2.75. The van der Waals surface area contributed by atoms with Crippen molar-refractivity contribution < 1.29 is 14.5 Å². The number of rotatable bonds is 9. The van der Waals surface area contributed by atoms with Crippen LogP contribution in [-0.4, -0.2) is 34.2 Å². The van der Waals surface area contributed by atoms with E-state index in [1.807, 2.05) is 49.1 Å². The number of carbonyl (C=O) groups is 2.